The van der Waals surface area contributed by atoms with E-state index in [1.54, 1.807) is 6.92 Å². The zero-order valence-corrected chi connectivity index (χ0v) is 16.5. The molecule has 0 aromatic carbocycles. The Kier molecular flexibility index (Phi) is 6.89. The first-order valence-electron chi connectivity index (χ1n) is 8.48. The number of hydrogen-bond acceptors (Lipinski definition) is 7. The van der Waals surface area contributed by atoms with Crippen molar-refractivity contribution in [3.05, 3.63) is 22.4 Å². The maximum absolute atomic E-state index is 12.9. The Labute approximate surface area is 162 Å². The topological polar surface area (TPSA) is 112 Å². The van der Waals surface area contributed by atoms with Crippen molar-refractivity contribution in [2.45, 2.75) is 39.5 Å². The van der Waals surface area contributed by atoms with Crippen molar-refractivity contribution < 1.29 is 32.3 Å². The number of ketones is 4. The van der Waals surface area contributed by atoms with Crippen LogP contribution in [-0.2, 0) is 34.2 Å². The molecule has 1 unspecified atom stereocenters. The van der Waals surface area contributed by atoms with Gasteiger partial charge in [0.2, 0.25) is 10.3 Å². The van der Waals surface area contributed by atoms with Crippen LogP contribution < -0.4 is 0 Å². The van der Waals surface area contributed by atoms with Crippen LogP contribution in [-0.4, -0.2) is 43.0 Å². The number of ether oxygens (including phenoxy) is 1. The molecule has 0 heterocycles. The average molecular weight is 415 g/mol. The van der Waals surface area contributed by atoms with E-state index >= 15 is 0 Å². The van der Waals surface area contributed by atoms with Crippen molar-refractivity contribution in [1.29, 1.82) is 0 Å². The zero-order valence-electron chi connectivity index (χ0n) is 14.9. The summed E-state index contributed by atoms with van der Waals surface area (Å²) in [5.74, 6) is -4.42. The molecular weight excluding hydrogens is 396 g/mol. The molecule has 0 aromatic rings. The fourth-order valence-corrected chi connectivity index (χ4v) is 4.20. The Balaban J connectivity index is 2.56. The standard InChI is InChI=1S/C18H19ClO7S/c1-3-10-14(27(24)25)7-11(16(19)18(10)26-8-9(2)20)17(23)15-12(21)5-4-6-13(15)22/h7,10,15H,3-6,8H2,1-2H3. The summed E-state index contributed by atoms with van der Waals surface area (Å²) in [4.78, 5) is 48.2. The van der Waals surface area contributed by atoms with Gasteiger partial charge in [-0.05, 0) is 25.8 Å². The molecule has 9 heteroatoms. The third-order valence-electron chi connectivity index (χ3n) is 4.45. The fraction of sp³-hybridized carbons (Fsp3) is 0.500. The molecule has 0 saturated heterocycles. The zero-order chi connectivity index (χ0) is 20.3. The number of hydrogen-bond donors (Lipinski definition) is 0. The van der Waals surface area contributed by atoms with Gasteiger partial charge in [0, 0.05) is 18.4 Å². The summed E-state index contributed by atoms with van der Waals surface area (Å²) in [5.41, 5.74) is -0.257. The molecule has 2 aliphatic carbocycles. The minimum Gasteiger partial charge on any atom is -0.488 e. The van der Waals surface area contributed by atoms with Gasteiger partial charge in [0.1, 0.15) is 18.3 Å². The highest BCUT2D eigenvalue weighted by molar-refractivity contribution is 7.73. The molecule has 0 aliphatic heterocycles. The maximum atomic E-state index is 12.9. The van der Waals surface area contributed by atoms with E-state index in [0.29, 0.717) is 12.8 Å². The lowest BCUT2D eigenvalue weighted by molar-refractivity contribution is -0.140. The summed E-state index contributed by atoms with van der Waals surface area (Å²) < 4.78 is 28.7. The summed E-state index contributed by atoms with van der Waals surface area (Å²) in [6, 6.07) is 0. The molecule has 7 nitrogen and oxygen atoms in total. The molecular formula is C18H19ClO7S. The van der Waals surface area contributed by atoms with Crippen LogP contribution in [0.2, 0.25) is 0 Å². The first-order chi connectivity index (χ1) is 12.7. The predicted molar refractivity (Wildman–Crippen MR) is 97.7 cm³/mol. The highest BCUT2D eigenvalue weighted by Crippen LogP contribution is 2.36. The molecule has 146 valence electrons. The van der Waals surface area contributed by atoms with Gasteiger partial charge in [-0.2, -0.15) is 8.42 Å². The lowest BCUT2D eigenvalue weighted by Crippen LogP contribution is -2.37. The highest BCUT2D eigenvalue weighted by Gasteiger charge is 2.41. The number of halogens is 1. The van der Waals surface area contributed by atoms with Gasteiger partial charge in [-0.1, -0.05) is 18.5 Å². The van der Waals surface area contributed by atoms with E-state index in [-0.39, 0.29) is 46.5 Å². The van der Waals surface area contributed by atoms with Crippen LogP contribution in [0, 0.1) is 11.8 Å². The molecule has 0 aromatic heterocycles. The lowest BCUT2D eigenvalue weighted by Gasteiger charge is -2.27. The molecule has 0 N–H and O–H groups in total. The van der Waals surface area contributed by atoms with Gasteiger partial charge in [-0.25, -0.2) is 0 Å². The molecule has 0 radical (unpaired) electrons. The average Bonchev–Trinajstić information content (AvgIpc) is 2.59. The lowest BCUT2D eigenvalue weighted by atomic mass is 9.79. The van der Waals surface area contributed by atoms with Crippen LogP contribution in [0.3, 0.4) is 0 Å². The predicted octanol–water partition coefficient (Wildman–Crippen LogP) is 1.57. The van der Waals surface area contributed by atoms with Crippen LogP contribution in [0.5, 0.6) is 0 Å². The number of allylic oxidation sites excluding steroid dienone is 4. The third-order valence-corrected chi connectivity index (χ3v) is 5.63. The van der Waals surface area contributed by atoms with Crippen LogP contribution in [0.4, 0.5) is 0 Å². The van der Waals surface area contributed by atoms with E-state index in [9.17, 15) is 27.6 Å². The maximum Gasteiger partial charge on any atom is 0.218 e. The Morgan fingerprint density at radius 3 is 2.30 bits per heavy atom. The molecule has 2 rings (SSSR count). The van der Waals surface area contributed by atoms with Gasteiger partial charge in [0.05, 0.1) is 15.8 Å². The van der Waals surface area contributed by atoms with Crippen LogP contribution in [0.15, 0.2) is 22.4 Å². The van der Waals surface area contributed by atoms with Crippen LogP contribution in [0.1, 0.15) is 39.5 Å². The SMILES string of the molecule is CCC1C(OCC(C)=O)=C(Cl)C(C(=O)C2C(=O)CCCC2=O)=CC1=S(=O)=O. The van der Waals surface area contributed by atoms with Crippen molar-refractivity contribution in [2.75, 3.05) is 6.61 Å². The molecule has 0 bridgehead atoms. The molecule has 1 atom stereocenters. The van der Waals surface area contributed by atoms with Gasteiger partial charge in [-0.15, -0.1) is 0 Å². The van der Waals surface area contributed by atoms with E-state index in [4.69, 9.17) is 16.3 Å². The van der Waals surface area contributed by atoms with Gasteiger partial charge in [0.15, 0.2) is 23.1 Å². The number of carbonyl (C=O) groups is 4. The van der Waals surface area contributed by atoms with Crippen molar-refractivity contribution >= 4 is 49.9 Å². The summed E-state index contributed by atoms with van der Waals surface area (Å²) >= 11 is 6.30. The van der Waals surface area contributed by atoms with E-state index < -0.39 is 39.5 Å². The third kappa shape index (κ3) is 4.44. The number of carbonyl (C=O) groups excluding carboxylic acids is 4. The van der Waals surface area contributed by atoms with Crippen molar-refractivity contribution in [2.24, 2.45) is 11.8 Å². The van der Waals surface area contributed by atoms with Gasteiger partial charge >= 0.3 is 0 Å². The molecule has 0 spiro atoms. The van der Waals surface area contributed by atoms with Gasteiger partial charge < -0.3 is 4.74 Å². The van der Waals surface area contributed by atoms with Gasteiger partial charge in [-0.3, -0.25) is 19.2 Å². The molecule has 0 amide bonds. The van der Waals surface area contributed by atoms with Gasteiger partial charge in [0.25, 0.3) is 0 Å². The minimum atomic E-state index is -2.68. The normalized spacial score (nSPS) is 21.2. The first kappa shape index (κ1) is 21.2. The Morgan fingerprint density at radius 1 is 1.22 bits per heavy atom. The second kappa shape index (κ2) is 8.75. The highest BCUT2D eigenvalue weighted by atomic mass is 35.5. The minimum absolute atomic E-state index is 0.0184. The Hall–Kier alpha value is -2.06. The summed E-state index contributed by atoms with van der Waals surface area (Å²) in [5, 5.41) is -0.173. The fourth-order valence-electron chi connectivity index (χ4n) is 3.15. The van der Waals surface area contributed by atoms with E-state index in [2.05, 4.69) is 0 Å². The summed E-state index contributed by atoms with van der Waals surface area (Å²) in [6.07, 6.45) is 1.98. The van der Waals surface area contributed by atoms with E-state index in [1.807, 2.05) is 0 Å². The van der Waals surface area contributed by atoms with Crippen LogP contribution in [0.25, 0.3) is 0 Å². The molecule has 1 fully saturated rings. The second-order valence-electron chi connectivity index (χ2n) is 6.41. The monoisotopic (exact) mass is 414 g/mol. The first-order valence-corrected chi connectivity index (χ1v) is 9.94. The van der Waals surface area contributed by atoms with Crippen molar-refractivity contribution in [3.63, 3.8) is 0 Å². The Morgan fingerprint density at radius 2 is 1.81 bits per heavy atom. The largest absolute Gasteiger partial charge is 0.488 e. The molecule has 27 heavy (non-hydrogen) atoms. The van der Waals surface area contributed by atoms with Crippen LogP contribution >= 0.6 is 11.6 Å². The van der Waals surface area contributed by atoms with Crippen molar-refractivity contribution in [3.8, 4) is 0 Å². The molecule has 2 aliphatic rings. The second-order valence-corrected chi connectivity index (χ2v) is 7.73. The summed E-state index contributed by atoms with van der Waals surface area (Å²) in [6.45, 7) is 2.65. The smallest absolute Gasteiger partial charge is 0.218 e. The Bertz CT molecular complexity index is 884. The summed E-state index contributed by atoms with van der Waals surface area (Å²) in [7, 11) is -2.68. The quantitative estimate of drug-likeness (QED) is 0.479. The van der Waals surface area contributed by atoms with E-state index in [1.165, 1.54) is 6.92 Å². The van der Waals surface area contributed by atoms with E-state index in [0.717, 1.165) is 6.08 Å². The number of rotatable bonds is 6. The number of Topliss-reactive ketones (excluding diaryl/α,β-unsaturated/α-hetero) is 4. The van der Waals surface area contributed by atoms with Crippen molar-refractivity contribution in [1.82, 2.24) is 0 Å². The molecule has 1 saturated carbocycles.